The van der Waals surface area contributed by atoms with Crippen molar-refractivity contribution in [1.29, 1.82) is 0 Å². The number of piperazine rings is 1. The largest absolute Gasteiger partial charge is 0.424 e. The summed E-state index contributed by atoms with van der Waals surface area (Å²) in [5, 5.41) is 0. The molecule has 0 atom stereocenters. The summed E-state index contributed by atoms with van der Waals surface area (Å²) in [4.78, 5) is 18.5. The maximum absolute atomic E-state index is 6.18. The molecular formula is C23H27N7O. The molecule has 0 aliphatic carbocycles. The van der Waals surface area contributed by atoms with Crippen LogP contribution in [0.2, 0.25) is 0 Å². The van der Waals surface area contributed by atoms with Crippen LogP contribution in [0.15, 0.2) is 47.0 Å². The molecule has 0 unspecified atom stereocenters. The fourth-order valence-corrected chi connectivity index (χ4v) is 4.17. The topological polar surface area (TPSA) is 110 Å². The summed E-state index contributed by atoms with van der Waals surface area (Å²) < 4.78 is 5.37. The number of fused-ring (bicyclic) bond motifs is 2. The number of nitrogen functional groups attached to an aromatic ring is 1. The van der Waals surface area contributed by atoms with E-state index < -0.39 is 0 Å². The van der Waals surface area contributed by atoms with Crippen LogP contribution < -0.4 is 16.4 Å². The minimum Gasteiger partial charge on any atom is -0.424 e. The summed E-state index contributed by atoms with van der Waals surface area (Å²) in [6, 6.07) is 12.1. The minimum absolute atomic E-state index is 0.169. The van der Waals surface area contributed by atoms with Gasteiger partial charge < -0.3 is 20.8 Å². The maximum atomic E-state index is 6.18. The van der Waals surface area contributed by atoms with E-state index in [2.05, 4.69) is 39.7 Å². The van der Waals surface area contributed by atoms with Crippen LogP contribution in [0.1, 0.15) is 13.8 Å². The number of nitrogens with two attached hydrogens (primary N) is 2. The summed E-state index contributed by atoms with van der Waals surface area (Å²) in [5.41, 5.74) is 17.7. The number of nitrogens with zero attached hydrogens (tertiary/aromatic N) is 5. The highest BCUT2D eigenvalue weighted by molar-refractivity contribution is 5.84. The second kappa shape index (κ2) is 7.47. The molecule has 5 rings (SSSR count). The highest BCUT2D eigenvalue weighted by Crippen LogP contribution is 2.27. The quantitative estimate of drug-likeness (QED) is 0.521. The third-order valence-corrected chi connectivity index (χ3v) is 5.59. The predicted molar refractivity (Wildman–Crippen MR) is 124 cm³/mol. The lowest BCUT2D eigenvalue weighted by molar-refractivity contribution is 0.214. The zero-order valence-corrected chi connectivity index (χ0v) is 17.9. The van der Waals surface area contributed by atoms with Gasteiger partial charge in [-0.1, -0.05) is 0 Å². The first-order chi connectivity index (χ1) is 14.8. The molecule has 0 bridgehead atoms. The van der Waals surface area contributed by atoms with Crippen molar-refractivity contribution in [3.63, 3.8) is 0 Å². The van der Waals surface area contributed by atoms with Gasteiger partial charge in [-0.05, 0) is 50.2 Å². The van der Waals surface area contributed by atoms with Crippen molar-refractivity contribution in [2.75, 3.05) is 43.4 Å². The van der Waals surface area contributed by atoms with Crippen LogP contribution in [0.5, 0.6) is 0 Å². The van der Waals surface area contributed by atoms with Crippen LogP contribution in [0.3, 0.4) is 0 Å². The van der Waals surface area contributed by atoms with Gasteiger partial charge in [0.25, 0.3) is 6.01 Å². The van der Waals surface area contributed by atoms with Crippen molar-refractivity contribution in [3.8, 4) is 11.3 Å². The Morgan fingerprint density at radius 1 is 0.968 bits per heavy atom. The standard InChI is InChI=1S/C23H27N7O/c1-23(2,25)14-29-7-9-30(10-8-29)16-12-19-18(26-13-16)5-4-17(27-19)15-3-6-21-20(11-15)28-22(24)31-21/h3-6,11-13H,7-10,14,25H2,1-2H3,(H2,24,28). The zero-order chi connectivity index (χ0) is 21.6. The maximum Gasteiger partial charge on any atom is 0.292 e. The van der Waals surface area contributed by atoms with E-state index in [0.29, 0.717) is 5.58 Å². The van der Waals surface area contributed by atoms with E-state index in [9.17, 15) is 0 Å². The zero-order valence-electron chi connectivity index (χ0n) is 17.9. The number of benzene rings is 1. The Labute approximate surface area is 180 Å². The normalized spacial score (nSPS) is 15.8. The number of oxazole rings is 1. The first kappa shape index (κ1) is 19.7. The summed E-state index contributed by atoms with van der Waals surface area (Å²) in [6.45, 7) is 8.94. The average Bonchev–Trinajstić information content (AvgIpc) is 3.11. The van der Waals surface area contributed by atoms with Crippen LogP contribution in [0.4, 0.5) is 11.7 Å². The average molecular weight is 418 g/mol. The van der Waals surface area contributed by atoms with Gasteiger partial charge >= 0.3 is 0 Å². The smallest absolute Gasteiger partial charge is 0.292 e. The van der Waals surface area contributed by atoms with E-state index >= 15 is 0 Å². The van der Waals surface area contributed by atoms with Gasteiger partial charge in [0.05, 0.1) is 28.6 Å². The molecule has 1 aliphatic heterocycles. The Kier molecular flexibility index (Phi) is 4.75. The molecule has 0 spiro atoms. The Hall–Kier alpha value is -3.23. The molecule has 1 saturated heterocycles. The number of aromatic nitrogens is 3. The van der Waals surface area contributed by atoms with Gasteiger partial charge in [-0.15, -0.1) is 0 Å². The third kappa shape index (κ3) is 4.17. The molecule has 0 amide bonds. The van der Waals surface area contributed by atoms with Crippen molar-refractivity contribution >= 4 is 33.8 Å². The monoisotopic (exact) mass is 417 g/mol. The minimum atomic E-state index is -0.173. The molecule has 3 aromatic heterocycles. The van der Waals surface area contributed by atoms with Gasteiger partial charge in [0.1, 0.15) is 5.52 Å². The second-order valence-electron chi connectivity index (χ2n) is 8.91. The Bertz CT molecular complexity index is 1240. The van der Waals surface area contributed by atoms with E-state index in [1.807, 2.05) is 36.5 Å². The summed E-state index contributed by atoms with van der Waals surface area (Å²) in [6.07, 6.45) is 1.94. The molecule has 1 aliphatic rings. The number of rotatable bonds is 4. The molecule has 0 saturated carbocycles. The van der Waals surface area contributed by atoms with Crippen molar-refractivity contribution in [3.05, 3.63) is 42.6 Å². The van der Waals surface area contributed by atoms with Gasteiger partial charge in [0.2, 0.25) is 0 Å². The van der Waals surface area contributed by atoms with Crippen LogP contribution in [0.25, 0.3) is 33.4 Å². The lowest BCUT2D eigenvalue weighted by Crippen LogP contribution is -2.53. The summed E-state index contributed by atoms with van der Waals surface area (Å²) in [7, 11) is 0. The molecule has 160 valence electrons. The number of anilines is 2. The molecule has 1 aromatic carbocycles. The Balaban J connectivity index is 1.39. The van der Waals surface area contributed by atoms with Gasteiger partial charge in [-0.25, -0.2) is 4.98 Å². The molecule has 8 nitrogen and oxygen atoms in total. The lowest BCUT2D eigenvalue weighted by atomic mass is 10.1. The van der Waals surface area contributed by atoms with E-state index in [4.69, 9.17) is 20.9 Å². The lowest BCUT2D eigenvalue weighted by Gasteiger charge is -2.38. The van der Waals surface area contributed by atoms with Crippen LogP contribution in [-0.4, -0.2) is 58.1 Å². The molecular weight excluding hydrogens is 390 g/mol. The number of pyridine rings is 2. The molecule has 31 heavy (non-hydrogen) atoms. The Morgan fingerprint density at radius 2 is 1.77 bits per heavy atom. The summed E-state index contributed by atoms with van der Waals surface area (Å²) in [5.74, 6) is 0. The molecule has 4 heterocycles. The van der Waals surface area contributed by atoms with Crippen molar-refractivity contribution in [2.45, 2.75) is 19.4 Å². The SMILES string of the molecule is CC(C)(N)CN1CCN(c2cnc3ccc(-c4ccc5oc(N)nc5c4)nc3c2)CC1. The third-order valence-electron chi connectivity index (χ3n) is 5.59. The molecule has 8 heteroatoms. The number of hydrogen-bond donors (Lipinski definition) is 2. The highest BCUT2D eigenvalue weighted by atomic mass is 16.4. The van der Waals surface area contributed by atoms with E-state index in [0.717, 1.165) is 66.2 Å². The van der Waals surface area contributed by atoms with Crippen LogP contribution in [-0.2, 0) is 0 Å². The number of hydrogen-bond acceptors (Lipinski definition) is 8. The van der Waals surface area contributed by atoms with Gasteiger partial charge in [-0.3, -0.25) is 9.88 Å². The van der Waals surface area contributed by atoms with Gasteiger partial charge in [-0.2, -0.15) is 4.98 Å². The van der Waals surface area contributed by atoms with Crippen molar-refractivity contribution < 1.29 is 4.42 Å². The van der Waals surface area contributed by atoms with E-state index in [1.165, 1.54) is 0 Å². The van der Waals surface area contributed by atoms with E-state index in [-0.39, 0.29) is 11.6 Å². The first-order valence-corrected chi connectivity index (χ1v) is 10.5. The predicted octanol–water partition coefficient (Wildman–Crippen LogP) is 2.88. The molecule has 1 fully saturated rings. The Morgan fingerprint density at radius 3 is 2.55 bits per heavy atom. The van der Waals surface area contributed by atoms with Gasteiger partial charge in [0, 0.05) is 43.8 Å². The first-order valence-electron chi connectivity index (χ1n) is 10.5. The fourth-order valence-electron chi connectivity index (χ4n) is 4.17. The van der Waals surface area contributed by atoms with Gasteiger partial charge in [0.15, 0.2) is 5.58 Å². The molecule has 4 aromatic rings. The van der Waals surface area contributed by atoms with E-state index in [1.54, 1.807) is 0 Å². The molecule has 0 radical (unpaired) electrons. The highest BCUT2D eigenvalue weighted by Gasteiger charge is 2.22. The molecule has 4 N–H and O–H groups in total. The fraction of sp³-hybridized carbons (Fsp3) is 0.348. The van der Waals surface area contributed by atoms with Crippen molar-refractivity contribution in [1.82, 2.24) is 19.9 Å². The van der Waals surface area contributed by atoms with Crippen LogP contribution in [0, 0.1) is 0 Å². The van der Waals surface area contributed by atoms with Crippen molar-refractivity contribution in [2.24, 2.45) is 5.73 Å². The van der Waals surface area contributed by atoms with Crippen LogP contribution >= 0.6 is 0 Å². The summed E-state index contributed by atoms with van der Waals surface area (Å²) >= 11 is 0. The second-order valence-corrected chi connectivity index (χ2v) is 8.91.